The van der Waals surface area contributed by atoms with Gasteiger partial charge in [-0.1, -0.05) is 0 Å². The van der Waals surface area contributed by atoms with Gasteiger partial charge in [-0.2, -0.15) is 15.0 Å². The van der Waals surface area contributed by atoms with Gasteiger partial charge in [0.1, 0.15) is 5.03 Å². The highest BCUT2D eigenvalue weighted by atomic mass is 32.2. The fourth-order valence-corrected chi connectivity index (χ4v) is 2.66. The first-order chi connectivity index (χ1) is 9.97. The first kappa shape index (κ1) is 15.5. The Morgan fingerprint density at radius 3 is 2.48 bits per heavy atom. The smallest absolute Gasteiger partial charge is 0.230 e. The molecule has 0 atom stereocenters. The van der Waals surface area contributed by atoms with Crippen LogP contribution in [-0.2, 0) is 0 Å². The van der Waals surface area contributed by atoms with E-state index < -0.39 is 0 Å². The van der Waals surface area contributed by atoms with Crippen molar-refractivity contribution in [1.29, 1.82) is 0 Å². The Morgan fingerprint density at radius 2 is 1.86 bits per heavy atom. The summed E-state index contributed by atoms with van der Waals surface area (Å²) in [6.45, 7) is 6.82. The molecule has 0 aromatic carbocycles. The number of aryl methyl sites for hydroxylation is 2. The van der Waals surface area contributed by atoms with Crippen LogP contribution >= 0.6 is 11.8 Å². The molecule has 0 aliphatic carbocycles. The normalized spacial score (nSPS) is 10.5. The summed E-state index contributed by atoms with van der Waals surface area (Å²) in [5, 5.41) is 4.66. The summed E-state index contributed by atoms with van der Waals surface area (Å²) in [5.41, 5.74) is 2.17. The monoisotopic (exact) mass is 304 g/mol. The molecule has 2 rings (SSSR count). The van der Waals surface area contributed by atoms with E-state index in [0.717, 1.165) is 17.3 Å². The Bertz CT molecular complexity index is 609. The van der Waals surface area contributed by atoms with Crippen molar-refractivity contribution in [1.82, 2.24) is 19.9 Å². The van der Waals surface area contributed by atoms with Crippen molar-refractivity contribution in [2.24, 2.45) is 0 Å². The minimum absolute atomic E-state index is 0.586. The number of nitrogens with one attached hydrogen (secondary N) is 1. The van der Waals surface area contributed by atoms with Crippen molar-refractivity contribution in [3.8, 4) is 0 Å². The van der Waals surface area contributed by atoms with Crippen LogP contribution in [0.1, 0.15) is 18.2 Å². The SMILES string of the molecule is CCNc1nc(Sc2cc(C)cc(C)n2)nc(N(C)C)n1. The second-order valence-electron chi connectivity index (χ2n) is 4.89. The molecule has 0 aliphatic rings. The molecule has 2 aromatic heterocycles. The summed E-state index contributed by atoms with van der Waals surface area (Å²) in [6, 6.07) is 4.08. The fraction of sp³-hybridized carbons (Fsp3) is 0.429. The van der Waals surface area contributed by atoms with E-state index in [0.29, 0.717) is 17.1 Å². The minimum atomic E-state index is 0.586. The molecule has 112 valence electrons. The van der Waals surface area contributed by atoms with Gasteiger partial charge >= 0.3 is 0 Å². The van der Waals surface area contributed by atoms with Crippen molar-refractivity contribution >= 4 is 23.7 Å². The Hall–Kier alpha value is -1.89. The Kier molecular flexibility index (Phi) is 4.95. The van der Waals surface area contributed by atoms with Gasteiger partial charge in [0, 0.05) is 26.3 Å². The molecule has 0 spiro atoms. The summed E-state index contributed by atoms with van der Waals surface area (Å²) >= 11 is 1.45. The Labute approximate surface area is 129 Å². The number of nitrogens with zero attached hydrogens (tertiary/aromatic N) is 5. The molecule has 1 N–H and O–H groups in total. The van der Waals surface area contributed by atoms with Gasteiger partial charge in [0.2, 0.25) is 17.1 Å². The molecule has 7 heteroatoms. The van der Waals surface area contributed by atoms with E-state index >= 15 is 0 Å². The van der Waals surface area contributed by atoms with Gasteiger partial charge < -0.3 is 10.2 Å². The van der Waals surface area contributed by atoms with Gasteiger partial charge in [-0.05, 0) is 50.2 Å². The lowest BCUT2D eigenvalue weighted by atomic mass is 10.3. The van der Waals surface area contributed by atoms with Crippen LogP contribution in [0.15, 0.2) is 22.3 Å². The summed E-state index contributed by atoms with van der Waals surface area (Å²) in [5.74, 6) is 1.22. The van der Waals surface area contributed by atoms with Crippen LogP contribution < -0.4 is 10.2 Å². The highest BCUT2D eigenvalue weighted by Crippen LogP contribution is 2.25. The third-order valence-electron chi connectivity index (χ3n) is 2.61. The van der Waals surface area contributed by atoms with Gasteiger partial charge in [-0.25, -0.2) is 4.98 Å². The van der Waals surface area contributed by atoms with E-state index in [1.54, 1.807) is 0 Å². The maximum Gasteiger partial charge on any atom is 0.230 e. The summed E-state index contributed by atoms with van der Waals surface area (Å²) in [4.78, 5) is 19.6. The van der Waals surface area contributed by atoms with E-state index in [1.807, 2.05) is 45.0 Å². The molecule has 0 amide bonds. The minimum Gasteiger partial charge on any atom is -0.354 e. The number of pyridine rings is 1. The molecule has 2 aromatic rings. The molecule has 0 saturated heterocycles. The molecule has 21 heavy (non-hydrogen) atoms. The van der Waals surface area contributed by atoms with Crippen molar-refractivity contribution < 1.29 is 0 Å². The first-order valence-electron chi connectivity index (χ1n) is 6.78. The Morgan fingerprint density at radius 1 is 1.10 bits per heavy atom. The van der Waals surface area contributed by atoms with Crippen LogP contribution in [-0.4, -0.2) is 40.6 Å². The average molecular weight is 304 g/mol. The standard InChI is InChI=1S/C14H20N6S/c1-6-15-12-17-13(20(4)5)19-14(18-12)21-11-8-9(2)7-10(3)16-11/h7-8H,6H2,1-5H3,(H,15,17,18,19). The molecular formula is C14H20N6S. The van der Waals surface area contributed by atoms with Crippen LogP contribution in [0.5, 0.6) is 0 Å². The molecule has 0 bridgehead atoms. The lowest BCUT2D eigenvalue weighted by Gasteiger charge is -2.12. The second kappa shape index (κ2) is 6.71. The molecule has 6 nitrogen and oxygen atoms in total. The second-order valence-corrected chi connectivity index (χ2v) is 5.88. The van der Waals surface area contributed by atoms with E-state index in [2.05, 4.69) is 32.2 Å². The van der Waals surface area contributed by atoms with Crippen molar-refractivity contribution in [2.75, 3.05) is 30.9 Å². The lowest BCUT2D eigenvalue weighted by molar-refractivity contribution is 0.861. The maximum atomic E-state index is 4.51. The predicted octanol–water partition coefficient (Wildman–Crippen LogP) is 2.53. The number of rotatable bonds is 5. The number of hydrogen-bond donors (Lipinski definition) is 1. The van der Waals surface area contributed by atoms with Crippen molar-refractivity contribution in [2.45, 2.75) is 31.0 Å². The third-order valence-corrected chi connectivity index (χ3v) is 3.39. The fourth-order valence-electron chi connectivity index (χ4n) is 1.78. The summed E-state index contributed by atoms with van der Waals surface area (Å²) in [6.07, 6.45) is 0. The van der Waals surface area contributed by atoms with Crippen LogP contribution in [0.4, 0.5) is 11.9 Å². The maximum absolute atomic E-state index is 4.51. The van der Waals surface area contributed by atoms with Gasteiger partial charge in [-0.15, -0.1) is 0 Å². The van der Waals surface area contributed by atoms with Crippen molar-refractivity contribution in [3.63, 3.8) is 0 Å². The largest absolute Gasteiger partial charge is 0.354 e. The van der Waals surface area contributed by atoms with E-state index in [-0.39, 0.29) is 0 Å². The average Bonchev–Trinajstić information content (AvgIpc) is 2.37. The topological polar surface area (TPSA) is 66.8 Å². The molecule has 2 heterocycles. The molecule has 0 aliphatic heterocycles. The predicted molar refractivity (Wildman–Crippen MR) is 86.2 cm³/mol. The molecule has 0 fully saturated rings. The molecular weight excluding hydrogens is 284 g/mol. The zero-order chi connectivity index (χ0) is 15.4. The van der Waals surface area contributed by atoms with Crippen LogP contribution in [0, 0.1) is 13.8 Å². The molecule has 0 radical (unpaired) electrons. The highest BCUT2D eigenvalue weighted by molar-refractivity contribution is 7.99. The third kappa shape index (κ3) is 4.29. The number of aromatic nitrogens is 4. The van der Waals surface area contributed by atoms with Gasteiger partial charge in [0.05, 0.1) is 0 Å². The van der Waals surface area contributed by atoms with Gasteiger partial charge in [0.25, 0.3) is 0 Å². The zero-order valence-electron chi connectivity index (χ0n) is 13.0. The van der Waals surface area contributed by atoms with Gasteiger partial charge in [-0.3, -0.25) is 0 Å². The zero-order valence-corrected chi connectivity index (χ0v) is 13.8. The van der Waals surface area contributed by atoms with E-state index in [9.17, 15) is 0 Å². The van der Waals surface area contributed by atoms with Gasteiger partial charge in [0.15, 0.2) is 0 Å². The van der Waals surface area contributed by atoms with Crippen LogP contribution in [0.3, 0.4) is 0 Å². The summed E-state index contributed by atoms with van der Waals surface area (Å²) < 4.78 is 0. The number of anilines is 2. The van der Waals surface area contributed by atoms with E-state index in [4.69, 9.17) is 0 Å². The highest BCUT2D eigenvalue weighted by Gasteiger charge is 2.10. The first-order valence-corrected chi connectivity index (χ1v) is 7.60. The quantitative estimate of drug-likeness (QED) is 0.910. The lowest BCUT2D eigenvalue weighted by Crippen LogP contribution is -2.15. The van der Waals surface area contributed by atoms with Crippen molar-refractivity contribution in [3.05, 3.63) is 23.4 Å². The Balaban J connectivity index is 2.33. The van der Waals surface area contributed by atoms with Crippen LogP contribution in [0.2, 0.25) is 0 Å². The molecule has 0 saturated carbocycles. The molecule has 0 unspecified atom stereocenters. The van der Waals surface area contributed by atoms with Crippen LogP contribution in [0.25, 0.3) is 0 Å². The summed E-state index contributed by atoms with van der Waals surface area (Å²) in [7, 11) is 3.82. The number of hydrogen-bond acceptors (Lipinski definition) is 7. The van der Waals surface area contributed by atoms with E-state index in [1.165, 1.54) is 17.3 Å².